The highest BCUT2D eigenvalue weighted by Crippen LogP contribution is 2.42. The Balaban J connectivity index is 1.57. The summed E-state index contributed by atoms with van der Waals surface area (Å²) in [5, 5.41) is 12.9. The summed E-state index contributed by atoms with van der Waals surface area (Å²) in [7, 11) is 0. The summed E-state index contributed by atoms with van der Waals surface area (Å²) in [6, 6.07) is 5.36. The number of amides is 3. The summed E-state index contributed by atoms with van der Waals surface area (Å²) >= 11 is 0. The first-order valence-electron chi connectivity index (χ1n) is 8.33. The Hall–Kier alpha value is -2.08. The van der Waals surface area contributed by atoms with Crippen LogP contribution >= 0.6 is 0 Å². The lowest BCUT2D eigenvalue weighted by Gasteiger charge is -2.22. The van der Waals surface area contributed by atoms with Gasteiger partial charge in [-0.1, -0.05) is 17.7 Å². The summed E-state index contributed by atoms with van der Waals surface area (Å²) in [6.45, 7) is 5.68. The number of carbonyl (C=O) groups excluding carboxylic acids is 2. The Morgan fingerprint density at radius 1 is 1.38 bits per heavy atom. The van der Waals surface area contributed by atoms with Crippen molar-refractivity contribution in [2.75, 3.05) is 13.2 Å². The summed E-state index contributed by atoms with van der Waals surface area (Å²) < 4.78 is 5.63. The molecule has 2 aliphatic rings. The number of ether oxygens (including phenoxy) is 1. The van der Waals surface area contributed by atoms with Gasteiger partial charge in [-0.25, -0.2) is 4.79 Å². The van der Waals surface area contributed by atoms with Crippen LogP contribution in [0.3, 0.4) is 0 Å². The molecule has 1 aromatic rings. The molecule has 2 unspecified atom stereocenters. The lowest BCUT2D eigenvalue weighted by Crippen LogP contribution is -2.46. The highest BCUT2D eigenvalue weighted by molar-refractivity contribution is 6.07. The average molecular weight is 332 g/mol. The van der Waals surface area contributed by atoms with E-state index >= 15 is 0 Å². The van der Waals surface area contributed by atoms with Crippen molar-refractivity contribution >= 4 is 11.9 Å². The molecule has 2 atom stereocenters. The molecule has 24 heavy (non-hydrogen) atoms. The van der Waals surface area contributed by atoms with E-state index < -0.39 is 17.7 Å². The van der Waals surface area contributed by atoms with Gasteiger partial charge in [0, 0.05) is 0 Å². The minimum Gasteiger partial charge on any atom is -0.491 e. The molecule has 1 saturated carbocycles. The van der Waals surface area contributed by atoms with E-state index in [9.17, 15) is 14.7 Å². The topological polar surface area (TPSA) is 78.9 Å². The van der Waals surface area contributed by atoms with Crippen molar-refractivity contribution in [3.8, 4) is 5.75 Å². The van der Waals surface area contributed by atoms with E-state index in [4.69, 9.17) is 4.74 Å². The number of nitrogens with zero attached hydrogens (tertiary/aromatic N) is 1. The molecule has 3 amide bonds. The number of β-amino-alcohol motifs (C(OH)–C–C–N with tert-alkyl or cyclic N) is 1. The minimum atomic E-state index is -0.929. The minimum absolute atomic E-state index is 0.0289. The van der Waals surface area contributed by atoms with Crippen molar-refractivity contribution in [1.82, 2.24) is 10.2 Å². The number of aliphatic hydroxyl groups excluding tert-OH is 1. The van der Waals surface area contributed by atoms with Crippen molar-refractivity contribution in [2.45, 2.75) is 45.3 Å². The Labute approximate surface area is 141 Å². The van der Waals surface area contributed by atoms with Gasteiger partial charge in [0.15, 0.2) is 0 Å². The summed E-state index contributed by atoms with van der Waals surface area (Å²) in [5.41, 5.74) is 1.31. The summed E-state index contributed by atoms with van der Waals surface area (Å²) in [4.78, 5) is 25.7. The van der Waals surface area contributed by atoms with Crippen LogP contribution in [0.15, 0.2) is 18.2 Å². The predicted molar refractivity (Wildman–Crippen MR) is 88.8 cm³/mol. The lowest BCUT2D eigenvalue weighted by molar-refractivity contribution is -0.132. The smallest absolute Gasteiger partial charge is 0.325 e. The molecule has 2 N–H and O–H groups in total. The Bertz CT molecular complexity index is 671. The van der Waals surface area contributed by atoms with Gasteiger partial charge in [-0.2, -0.15) is 0 Å². The fourth-order valence-corrected chi connectivity index (χ4v) is 3.23. The third-order valence-electron chi connectivity index (χ3n) is 4.85. The molecule has 130 valence electrons. The average Bonchev–Trinajstić information content (AvgIpc) is 3.33. The molecule has 1 aliphatic heterocycles. The molecule has 6 heteroatoms. The van der Waals surface area contributed by atoms with Gasteiger partial charge in [-0.05, 0) is 51.2 Å². The molecular formula is C18H24N2O4. The number of benzene rings is 1. The van der Waals surface area contributed by atoms with Crippen LogP contribution in [0.5, 0.6) is 5.75 Å². The molecule has 0 spiro atoms. The van der Waals surface area contributed by atoms with Crippen LogP contribution in [0.25, 0.3) is 0 Å². The number of aliphatic hydroxyl groups is 1. The maximum absolute atomic E-state index is 12.5. The summed E-state index contributed by atoms with van der Waals surface area (Å²) in [5.74, 6) is 0.655. The fourth-order valence-electron chi connectivity index (χ4n) is 3.23. The van der Waals surface area contributed by atoms with Gasteiger partial charge in [-0.15, -0.1) is 0 Å². The second-order valence-electron chi connectivity index (χ2n) is 7.06. The fraction of sp³-hybridized carbons (Fsp3) is 0.556. The third-order valence-corrected chi connectivity index (χ3v) is 4.85. The van der Waals surface area contributed by atoms with Crippen LogP contribution in [0, 0.1) is 19.8 Å². The van der Waals surface area contributed by atoms with Crippen LogP contribution < -0.4 is 10.1 Å². The number of nitrogens with one attached hydrogen (secondary N) is 1. The van der Waals surface area contributed by atoms with Crippen LogP contribution in [0.4, 0.5) is 4.79 Å². The van der Waals surface area contributed by atoms with Crippen LogP contribution in [-0.4, -0.2) is 46.7 Å². The van der Waals surface area contributed by atoms with Gasteiger partial charge in [0.2, 0.25) is 0 Å². The molecule has 1 heterocycles. The van der Waals surface area contributed by atoms with Crippen LogP contribution in [0.1, 0.15) is 30.9 Å². The zero-order chi connectivity index (χ0) is 17.5. The van der Waals surface area contributed by atoms with E-state index in [1.165, 1.54) is 0 Å². The number of carbonyl (C=O) groups is 2. The number of rotatable bonds is 6. The number of hydrogen-bond acceptors (Lipinski definition) is 4. The Morgan fingerprint density at radius 2 is 2.08 bits per heavy atom. The van der Waals surface area contributed by atoms with Gasteiger partial charge in [0.05, 0.1) is 6.54 Å². The Kier molecular flexibility index (Phi) is 4.25. The summed E-state index contributed by atoms with van der Waals surface area (Å²) in [6.07, 6.45) is 0.977. The van der Waals surface area contributed by atoms with Crippen molar-refractivity contribution in [3.05, 3.63) is 29.3 Å². The molecule has 1 saturated heterocycles. The number of urea groups is 1. The standard InChI is InChI=1S/C18H24N2O4/c1-11-4-7-15(12(2)8-11)24-10-14(21)9-20-16(22)18(3,13-5-6-13)19-17(20)23/h4,7-8,13-14,21H,5-6,9-10H2,1-3H3,(H,19,23). The molecular weight excluding hydrogens is 308 g/mol. The number of aryl methyl sites for hydroxylation is 2. The van der Waals surface area contributed by atoms with Crippen LogP contribution in [-0.2, 0) is 4.79 Å². The SMILES string of the molecule is Cc1ccc(OCC(O)CN2C(=O)NC(C)(C3CC3)C2=O)c(C)c1. The zero-order valence-electron chi connectivity index (χ0n) is 14.3. The molecule has 1 aromatic carbocycles. The zero-order valence-corrected chi connectivity index (χ0v) is 14.3. The first kappa shape index (κ1) is 16.8. The van der Waals surface area contributed by atoms with Crippen molar-refractivity contribution in [1.29, 1.82) is 0 Å². The van der Waals surface area contributed by atoms with Gasteiger partial charge >= 0.3 is 6.03 Å². The van der Waals surface area contributed by atoms with Gasteiger partial charge in [0.25, 0.3) is 5.91 Å². The molecule has 6 nitrogen and oxygen atoms in total. The second-order valence-corrected chi connectivity index (χ2v) is 7.06. The number of imide groups is 1. The van der Waals surface area contributed by atoms with Crippen molar-refractivity contribution in [3.63, 3.8) is 0 Å². The normalized spacial score (nSPS) is 24.9. The predicted octanol–water partition coefficient (Wildman–Crippen LogP) is 1.76. The van der Waals surface area contributed by atoms with Crippen molar-refractivity contribution in [2.24, 2.45) is 5.92 Å². The number of hydrogen-bond donors (Lipinski definition) is 2. The van der Waals surface area contributed by atoms with E-state index in [-0.39, 0.29) is 25.0 Å². The maximum atomic E-state index is 12.5. The molecule has 1 aliphatic carbocycles. The second kappa shape index (κ2) is 6.09. The van der Waals surface area contributed by atoms with E-state index in [1.54, 1.807) is 6.92 Å². The Morgan fingerprint density at radius 3 is 2.71 bits per heavy atom. The maximum Gasteiger partial charge on any atom is 0.325 e. The third kappa shape index (κ3) is 3.11. The first-order valence-corrected chi connectivity index (χ1v) is 8.33. The first-order chi connectivity index (χ1) is 11.3. The van der Waals surface area contributed by atoms with E-state index in [1.807, 2.05) is 32.0 Å². The van der Waals surface area contributed by atoms with E-state index in [0.717, 1.165) is 28.9 Å². The monoisotopic (exact) mass is 332 g/mol. The van der Waals surface area contributed by atoms with Gasteiger partial charge in [0.1, 0.15) is 24.0 Å². The molecule has 0 aromatic heterocycles. The van der Waals surface area contributed by atoms with E-state index in [2.05, 4.69) is 5.32 Å². The molecule has 0 bridgehead atoms. The highest BCUT2D eigenvalue weighted by atomic mass is 16.5. The van der Waals surface area contributed by atoms with E-state index in [0.29, 0.717) is 5.75 Å². The molecule has 0 radical (unpaired) electrons. The highest BCUT2D eigenvalue weighted by Gasteiger charge is 2.56. The lowest BCUT2D eigenvalue weighted by atomic mass is 9.96. The quantitative estimate of drug-likeness (QED) is 0.778. The van der Waals surface area contributed by atoms with Crippen LogP contribution in [0.2, 0.25) is 0 Å². The molecule has 2 fully saturated rings. The van der Waals surface area contributed by atoms with Gasteiger partial charge < -0.3 is 15.2 Å². The molecule has 3 rings (SSSR count). The van der Waals surface area contributed by atoms with Gasteiger partial charge in [-0.3, -0.25) is 9.69 Å². The largest absolute Gasteiger partial charge is 0.491 e. The van der Waals surface area contributed by atoms with Crippen molar-refractivity contribution < 1.29 is 19.4 Å².